The molecule has 1 N–H and O–H groups in total. The Morgan fingerprint density at radius 1 is 1.38 bits per heavy atom. The van der Waals surface area contributed by atoms with Gasteiger partial charge in [0.1, 0.15) is 11.9 Å². The number of nitrogens with zero attached hydrogens (tertiary/aromatic N) is 1. The normalized spacial score (nSPS) is 29.6. The van der Waals surface area contributed by atoms with E-state index in [-0.39, 0.29) is 29.7 Å². The lowest BCUT2D eigenvalue weighted by Gasteiger charge is -2.29. The van der Waals surface area contributed by atoms with Crippen LogP contribution in [-0.4, -0.2) is 49.2 Å². The summed E-state index contributed by atoms with van der Waals surface area (Å²) < 4.78 is 18.4. The number of carbonyl (C=O) groups excluding carboxylic acids is 1. The minimum Gasteiger partial charge on any atom is -0.378 e. The third kappa shape index (κ3) is 3.09. The number of amides is 1. The van der Waals surface area contributed by atoms with Gasteiger partial charge in [-0.1, -0.05) is 12.1 Å². The highest BCUT2D eigenvalue weighted by molar-refractivity contribution is 5.82. The molecule has 1 aromatic rings. The highest BCUT2D eigenvalue weighted by atomic mass is 19.1. The van der Waals surface area contributed by atoms with Crippen molar-refractivity contribution in [2.24, 2.45) is 0 Å². The van der Waals surface area contributed by atoms with Gasteiger partial charge in [-0.05, 0) is 31.0 Å². The number of ether oxygens (including phenoxy) is 1. The lowest BCUT2D eigenvalue weighted by Crippen LogP contribution is -2.53. The molecule has 2 saturated heterocycles. The summed E-state index contributed by atoms with van der Waals surface area (Å²) in [5.41, 5.74) is 1.10. The van der Waals surface area contributed by atoms with Gasteiger partial charge in [0.2, 0.25) is 5.91 Å². The number of likely N-dealkylation sites (tertiary alicyclic amines) is 1. The van der Waals surface area contributed by atoms with E-state index in [2.05, 4.69) is 12.2 Å². The Bertz CT molecular complexity index is 500. The molecule has 0 aromatic heterocycles. The van der Waals surface area contributed by atoms with Crippen molar-refractivity contribution >= 4 is 5.91 Å². The summed E-state index contributed by atoms with van der Waals surface area (Å²) in [6, 6.07) is 6.59. The van der Waals surface area contributed by atoms with Gasteiger partial charge in [0.05, 0.1) is 13.2 Å². The molecule has 2 aliphatic heterocycles. The summed E-state index contributed by atoms with van der Waals surface area (Å²) in [5.74, 6) is 0.183. The third-order valence-electron chi connectivity index (χ3n) is 4.42. The monoisotopic (exact) mass is 292 g/mol. The van der Waals surface area contributed by atoms with E-state index >= 15 is 0 Å². The maximum absolute atomic E-state index is 13.0. The molecule has 114 valence electrons. The largest absolute Gasteiger partial charge is 0.378 e. The molecule has 0 radical (unpaired) electrons. The summed E-state index contributed by atoms with van der Waals surface area (Å²) in [5, 5.41) is 3.21. The number of morpholine rings is 1. The Kier molecular flexibility index (Phi) is 4.22. The molecule has 0 bridgehead atoms. The maximum Gasteiger partial charge on any atom is 0.242 e. The van der Waals surface area contributed by atoms with Gasteiger partial charge < -0.3 is 15.0 Å². The third-order valence-corrected chi connectivity index (χ3v) is 4.42. The van der Waals surface area contributed by atoms with Crippen LogP contribution in [0.4, 0.5) is 4.39 Å². The van der Waals surface area contributed by atoms with Gasteiger partial charge in [0, 0.05) is 25.0 Å². The van der Waals surface area contributed by atoms with Gasteiger partial charge in [-0.25, -0.2) is 4.39 Å². The van der Waals surface area contributed by atoms with Crippen LogP contribution in [0.2, 0.25) is 0 Å². The molecule has 4 nitrogen and oxygen atoms in total. The zero-order chi connectivity index (χ0) is 14.8. The van der Waals surface area contributed by atoms with Gasteiger partial charge in [0.15, 0.2) is 0 Å². The van der Waals surface area contributed by atoms with Gasteiger partial charge in [0.25, 0.3) is 0 Å². The van der Waals surface area contributed by atoms with Gasteiger partial charge in [-0.15, -0.1) is 0 Å². The van der Waals surface area contributed by atoms with Crippen molar-refractivity contribution in [3.63, 3.8) is 0 Å². The highest BCUT2D eigenvalue weighted by Crippen LogP contribution is 2.32. The Morgan fingerprint density at radius 3 is 2.81 bits per heavy atom. The topological polar surface area (TPSA) is 41.6 Å². The van der Waals surface area contributed by atoms with Crippen LogP contribution in [0.5, 0.6) is 0 Å². The predicted octanol–water partition coefficient (Wildman–Crippen LogP) is 1.52. The Hall–Kier alpha value is -1.46. The van der Waals surface area contributed by atoms with Crippen molar-refractivity contribution in [3.8, 4) is 0 Å². The van der Waals surface area contributed by atoms with Crippen LogP contribution in [0.25, 0.3) is 0 Å². The minimum atomic E-state index is -0.229. The Labute approximate surface area is 124 Å². The zero-order valence-corrected chi connectivity index (χ0v) is 12.2. The van der Waals surface area contributed by atoms with E-state index < -0.39 is 0 Å². The first-order valence-electron chi connectivity index (χ1n) is 7.52. The fourth-order valence-electron chi connectivity index (χ4n) is 3.24. The predicted molar refractivity (Wildman–Crippen MR) is 77.5 cm³/mol. The molecule has 0 spiro atoms. The summed E-state index contributed by atoms with van der Waals surface area (Å²) in [6.45, 7) is 4.61. The number of hydrogen-bond donors (Lipinski definition) is 1. The van der Waals surface area contributed by atoms with E-state index in [4.69, 9.17) is 4.74 Å². The van der Waals surface area contributed by atoms with E-state index in [0.717, 1.165) is 18.5 Å². The molecular weight excluding hydrogens is 271 g/mol. The van der Waals surface area contributed by atoms with Crippen molar-refractivity contribution in [1.29, 1.82) is 0 Å². The molecule has 3 rings (SSSR count). The van der Waals surface area contributed by atoms with Crippen LogP contribution >= 0.6 is 0 Å². The average Bonchev–Trinajstić information content (AvgIpc) is 2.90. The van der Waals surface area contributed by atoms with Gasteiger partial charge in [-0.2, -0.15) is 0 Å². The number of carbonyl (C=O) groups is 1. The summed E-state index contributed by atoms with van der Waals surface area (Å²) in [7, 11) is 0. The maximum atomic E-state index is 13.0. The standard InChI is InChI=1S/C16H21FN2O2/c1-11-8-13(12-2-4-14(17)5-3-12)9-19(11)16(20)15-10-21-7-6-18-15/h2-5,11,13,15,18H,6-10H2,1H3/t11-,13+,15-/m1/s1. The molecule has 0 saturated carbocycles. The number of benzene rings is 1. The lowest BCUT2D eigenvalue weighted by molar-refractivity contribution is -0.136. The van der Waals surface area contributed by atoms with Crippen molar-refractivity contribution in [2.75, 3.05) is 26.3 Å². The number of nitrogens with one attached hydrogen (secondary N) is 1. The fraction of sp³-hybridized carbons (Fsp3) is 0.562. The molecule has 2 fully saturated rings. The Morgan fingerprint density at radius 2 is 2.14 bits per heavy atom. The zero-order valence-electron chi connectivity index (χ0n) is 12.2. The summed E-state index contributed by atoms with van der Waals surface area (Å²) >= 11 is 0. The second-order valence-corrected chi connectivity index (χ2v) is 5.91. The number of hydrogen-bond acceptors (Lipinski definition) is 3. The first-order valence-corrected chi connectivity index (χ1v) is 7.52. The summed E-state index contributed by atoms with van der Waals surface area (Å²) in [4.78, 5) is 14.5. The molecule has 3 atom stereocenters. The highest BCUT2D eigenvalue weighted by Gasteiger charge is 2.36. The van der Waals surface area contributed by atoms with Crippen LogP contribution in [0, 0.1) is 5.82 Å². The SMILES string of the molecule is C[C@@H]1C[C@H](c2ccc(F)cc2)CN1C(=O)[C@H]1COCCN1. The molecule has 2 aliphatic rings. The fourth-order valence-corrected chi connectivity index (χ4v) is 3.24. The first-order chi connectivity index (χ1) is 10.1. The van der Waals surface area contributed by atoms with Crippen molar-refractivity contribution in [2.45, 2.75) is 31.3 Å². The van der Waals surface area contributed by atoms with Crippen LogP contribution < -0.4 is 5.32 Å². The molecule has 1 amide bonds. The van der Waals surface area contributed by atoms with Crippen LogP contribution in [0.3, 0.4) is 0 Å². The van der Waals surface area contributed by atoms with Crippen molar-refractivity contribution in [3.05, 3.63) is 35.6 Å². The Balaban J connectivity index is 1.67. The molecular formula is C16H21FN2O2. The second-order valence-electron chi connectivity index (χ2n) is 5.91. The summed E-state index contributed by atoms with van der Waals surface area (Å²) in [6.07, 6.45) is 0.922. The minimum absolute atomic E-state index is 0.117. The van der Waals surface area contributed by atoms with E-state index in [1.807, 2.05) is 17.0 Å². The smallest absolute Gasteiger partial charge is 0.242 e. The molecule has 2 heterocycles. The van der Waals surface area contributed by atoms with E-state index in [1.54, 1.807) is 0 Å². The second kappa shape index (κ2) is 6.12. The van der Waals surface area contributed by atoms with Crippen LogP contribution in [0.15, 0.2) is 24.3 Å². The molecule has 0 unspecified atom stereocenters. The van der Waals surface area contributed by atoms with E-state index in [9.17, 15) is 9.18 Å². The van der Waals surface area contributed by atoms with Crippen LogP contribution in [-0.2, 0) is 9.53 Å². The molecule has 5 heteroatoms. The number of rotatable bonds is 2. The van der Waals surface area contributed by atoms with E-state index in [1.165, 1.54) is 12.1 Å². The first kappa shape index (κ1) is 14.5. The molecule has 21 heavy (non-hydrogen) atoms. The molecule has 0 aliphatic carbocycles. The lowest BCUT2D eigenvalue weighted by atomic mass is 9.97. The van der Waals surface area contributed by atoms with Crippen molar-refractivity contribution < 1.29 is 13.9 Å². The van der Waals surface area contributed by atoms with E-state index in [0.29, 0.717) is 19.8 Å². The van der Waals surface area contributed by atoms with Crippen LogP contribution in [0.1, 0.15) is 24.8 Å². The van der Waals surface area contributed by atoms with Gasteiger partial charge in [-0.3, -0.25) is 4.79 Å². The van der Waals surface area contributed by atoms with Crippen molar-refractivity contribution in [1.82, 2.24) is 10.2 Å². The quantitative estimate of drug-likeness (QED) is 0.898. The average molecular weight is 292 g/mol. The van der Waals surface area contributed by atoms with Gasteiger partial charge >= 0.3 is 0 Å². The number of halogens is 1. The molecule has 1 aromatic carbocycles.